The van der Waals surface area contributed by atoms with Crippen LogP contribution >= 0.6 is 11.8 Å². The van der Waals surface area contributed by atoms with Crippen LogP contribution in [0.3, 0.4) is 0 Å². The fraction of sp³-hybridized carbons (Fsp3) is 0.304. The molecule has 1 unspecified atom stereocenters. The Morgan fingerprint density at radius 1 is 1.16 bits per heavy atom. The van der Waals surface area contributed by atoms with Crippen LogP contribution in [0.2, 0.25) is 0 Å². The number of hydrogen-bond donors (Lipinski definition) is 0. The Morgan fingerprint density at radius 2 is 1.97 bits per heavy atom. The lowest BCUT2D eigenvalue weighted by Crippen LogP contribution is -2.36. The molecular weight excluding hydrogens is 428 g/mol. The van der Waals surface area contributed by atoms with Crippen LogP contribution in [-0.4, -0.2) is 41.1 Å². The van der Waals surface area contributed by atoms with E-state index >= 15 is 0 Å². The van der Waals surface area contributed by atoms with Gasteiger partial charge in [0.15, 0.2) is 5.69 Å². The van der Waals surface area contributed by atoms with Crippen molar-refractivity contribution in [2.75, 3.05) is 24.9 Å². The highest BCUT2D eigenvalue weighted by molar-refractivity contribution is 7.99. The van der Waals surface area contributed by atoms with E-state index < -0.39 is 6.23 Å². The number of aromatic nitrogens is 3. The predicted octanol–water partition coefficient (Wildman–Crippen LogP) is 4.42. The van der Waals surface area contributed by atoms with Crippen LogP contribution in [0.15, 0.2) is 41.6 Å². The number of ether oxygens (including phenoxy) is 3. The molecule has 1 atom stereocenters. The number of hydrogen-bond acceptors (Lipinski definition) is 8. The van der Waals surface area contributed by atoms with Crippen molar-refractivity contribution < 1.29 is 19.0 Å². The first-order valence-electron chi connectivity index (χ1n) is 10.1. The van der Waals surface area contributed by atoms with Crippen molar-refractivity contribution in [3.63, 3.8) is 0 Å². The zero-order valence-corrected chi connectivity index (χ0v) is 19.4. The molecule has 166 valence electrons. The molecule has 3 aromatic rings. The Labute approximate surface area is 190 Å². The van der Waals surface area contributed by atoms with E-state index in [1.54, 1.807) is 31.3 Å². The average molecular weight is 453 g/mol. The molecule has 0 radical (unpaired) electrons. The molecule has 0 fully saturated rings. The van der Waals surface area contributed by atoms with Crippen LogP contribution in [0, 0.1) is 6.92 Å². The molecule has 1 aliphatic rings. The average Bonchev–Trinajstić information content (AvgIpc) is 2.92. The van der Waals surface area contributed by atoms with Crippen LogP contribution in [0.5, 0.6) is 17.4 Å². The third kappa shape index (κ3) is 3.95. The van der Waals surface area contributed by atoms with Gasteiger partial charge in [0.2, 0.25) is 23.2 Å². The summed E-state index contributed by atoms with van der Waals surface area (Å²) in [6.07, 6.45) is -0.827. The fourth-order valence-corrected chi connectivity index (χ4v) is 4.14. The first-order chi connectivity index (χ1) is 15.5. The van der Waals surface area contributed by atoms with Crippen molar-refractivity contribution in [1.82, 2.24) is 15.2 Å². The van der Waals surface area contributed by atoms with Crippen molar-refractivity contribution in [1.29, 1.82) is 0 Å². The van der Waals surface area contributed by atoms with Crippen molar-refractivity contribution in [2.45, 2.75) is 32.2 Å². The number of amides is 1. The summed E-state index contributed by atoms with van der Waals surface area (Å²) in [6, 6.07) is 11.2. The molecule has 32 heavy (non-hydrogen) atoms. The predicted molar refractivity (Wildman–Crippen MR) is 122 cm³/mol. The summed E-state index contributed by atoms with van der Waals surface area (Å²) in [5, 5.41) is 9.19. The molecule has 9 heteroatoms. The van der Waals surface area contributed by atoms with E-state index in [2.05, 4.69) is 15.2 Å². The normalized spacial score (nSPS) is 14.7. The van der Waals surface area contributed by atoms with Crippen molar-refractivity contribution >= 4 is 23.4 Å². The summed E-state index contributed by atoms with van der Waals surface area (Å²) in [5.41, 5.74) is 3.57. The molecule has 1 aromatic heterocycles. The van der Waals surface area contributed by atoms with E-state index in [1.165, 1.54) is 18.7 Å². The maximum atomic E-state index is 12.9. The number of nitrogens with zero attached hydrogens (tertiary/aromatic N) is 4. The van der Waals surface area contributed by atoms with Crippen LogP contribution in [0.4, 0.5) is 5.69 Å². The van der Waals surface area contributed by atoms with Gasteiger partial charge in [-0.2, -0.15) is 4.98 Å². The Kier molecular flexibility index (Phi) is 6.18. The summed E-state index contributed by atoms with van der Waals surface area (Å²) >= 11 is 1.47. The Balaban J connectivity index is 1.98. The van der Waals surface area contributed by atoms with Gasteiger partial charge in [0, 0.05) is 18.6 Å². The third-order valence-corrected chi connectivity index (χ3v) is 5.80. The number of carbonyl (C=O) groups is 1. The number of rotatable bonds is 5. The molecule has 2 heterocycles. The van der Waals surface area contributed by atoms with Crippen molar-refractivity contribution in [2.24, 2.45) is 0 Å². The molecule has 2 aromatic carbocycles. The van der Waals surface area contributed by atoms with Crippen LogP contribution in [0.1, 0.15) is 31.2 Å². The van der Waals surface area contributed by atoms with Gasteiger partial charge in [0.1, 0.15) is 11.5 Å². The van der Waals surface area contributed by atoms with Gasteiger partial charge in [-0.05, 0) is 36.9 Å². The summed E-state index contributed by atoms with van der Waals surface area (Å²) in [7, 11) is 3.15. The molecule has 0 saturated heterocycles. The molecule has 0 aliphatic carbocycles. The van der Waals surface area contributed by atoms with Crippen molar-refractivity contribution in [3.05, 3.63) is 47.5 Å². The minimum absolute atomic E-state index is 0.193. The number of methoxy groups -OCH3 is 2. The molecule has 4 rings (SSSR count). The van der Waals surface area contributed by atoms with Crippen LogP contribution < -0.4 is 19.1 Å². The van der Waals surface area contributed by atoms with Gasteiger partial charge in [-0.15, -0.1) is 10.2 Å². The van der Waals surface area contributed by atoms with Crippen LogP contribution in [0.25, 0.3) is 11.3 Å². The van der Waals surface area contributed by atoms with Gasteiger partial charge in [-0.1, -0.05) is 30.3 Å². The van der Waals surface area contributed by atoms with E-state index in [0.29, 0.717) is 39.5 Å². The summed E-state index contributed by atoms with van der Waals surface area (Å²) in [4.78, 5) is 19.2. The second-order valence-electron chi connectivity index (χ2n) is 7.17. The highest BCUT2D eigenvalue weighted by Gasteiger charge is 2.36. The van der Waals surface area contributed by atoms with Gasteiger partial charge in [-0.25, -0.2) is 0 Å². The topological polar surface area (TPSA) is 86.7 Å². The fourth-order valence-electron chi connectivity index (χ4n) is 3.63. The van der Waals surface area contributed by atoms with E-state index in [4.69, 9.17) is 14.2 Å². The highest BCUT2D eigenvalue weighted by atomic mass is 32.2. The lowest BCUT2D eigenvalue weighted by molar-refractivity contribution is -0.118. The minimum atomic E-state index is -0.827. The van der Waals surface area contributed by atoms with E-state index in [1.807, 2.05) is 38.1 Å². The third-order valence-electron chi connectivity index (χ3n) is 5.08. The first-order valence-corrected chi connectivity index (χ1v) is 11.1. The lowest BCUT2D eigenvalue weighted by atomic mass is 10.0. The lowest BCUT2D eigenvalue weighted by Gasteiger charge is -2.30. The molecule has 0 N–H and O–H groups in total. The SMILES string of the molecule is CCSc1nnc2c(n1)OC(c1ccc(OC)cc1OC)N(C(C)=O)c1ccc(C)cc1-2. The molecule has 0 bridgehead atoms. The molecule has 8 nitrogen and oxygen atoms in total. The smallest absolute Gasteiger partial charge is 0.247 e. The Bertz CT molecular complexity index is 1170. The maximum absolute atomic E-state index is 12.9. The summed E-state index contributed by atoms with van der Waals surface area (Å²) < 4.78 is 17.3. The molecule has 1 aliphatic heterocycles. The number of aryl methyl sites for hydroxylation is 1. The number of fused-ring (bicyclic) bond motifs is 3. The number of anilines is 1. The van der Waals surface area contributed by atoms with E-state index in [9.17, 15) is 4.79 Å². The Hall–Kier alpha value is -3.33. The molecule has 1 amide bonds. The van der Waals surface area contributed by atoms with Gasteiger partial charge in [-0.3, -0.25) is 9.69 Å². The standard InChI is InChI=1S/C23H24N4O4S/c1-6-32-23-24-21-20(25-26-23)17-11-13(2)7-10-18(17)27(14(3)28)22(31-21)16-9-8-15(29-4)12-19(16)30-5/h7-12,22H,6H2,1-5H3. The minimum Gasteiger partial charge on any atom is -0.497 e. The van der Waals surface area contributed by atoms with Crippen LogP contribution in [-0.2, 0) is 4.79 Å². The van der Waals surface area contributed by atoms with E-state index in [-0.39, 0.29) is 5.91 Å². The second kappa shape index (κ2) is 9.04. The number of carbonyl (C=O) groups excluding carboxylic acids is 1. The zero-order valence-electron chi connectivity index (χ0n) is 18.6. The number of thioether (sulfide) groups is 1. The Morgan fingerprint density at radius 3 is 2.66 bits per heavy atom. The van der Waals surface area contributed by atoms with Gasteiger partial charge in [0.25, 0.3) is 0 Å². The van der Waals surface area contributed by atoms with Gasteiger partial charge < -0.3 is 14.2 Å². The largest absolute Gasteiger partial charge is 0.497 e. The van der Waals surface area contributed by atoms with Gasteiger partial charge in [0.05, 0.1) is 25.5 Å². The first kappa shape index (κ1) is 21.9. The molecule has 0 saturated carbocycles. The quantitative estimate of drug-likeness (QED) is 0.526. The maximum Gasteiger partial charge on any atom is 0.247 e. The highest BCUT2D eigenvalue weighted by Crippen LogP contribution is 2.45. The van der Waals surface area contributed by atoms with Crippen molar-refractivity contribution in [3.8, 4) is 28.6 Å². The number of benzene rings is 2. The summed E-state index contributed by atoms with van der Waals surface area (Å²) in [6.45, 7) is 5.50. The summed E-state index contributed by atoms with van der Waals surface area (Å²) in [5.74, 6) is 2.08. The zero-order chi connectivity index (χ0) is 22.8. The van der Waals surface area contributed by atoms with Gasteiger partial charge >= 0.3 is 0 Å². The monoisotopic (exact) mass is 452 g/mol. The molecule has 0 spiro atoms. The van der Waals surface area contributed by atoms with E-state index in [0.717, 1.165) is 16.9 Å². The molecular formula is C23H24N4O4S. The second-order valence-corrected chi connectivity index (χ2v) is 8.40.